The smallest absolute Gasteiger partial charge is 0.338 e. The molecule has 5 heteroatoms. The molecule has 1 atom stereocenters. The number of ether oxygens (including phenoxy) is 1. The van der Waals surface area contributed by atoms with E-state index >= 15 is 0 Å². The molecule has 0 saturated heterocycles. The van der Waals surface area contributed by atoms with Gasteiger partial charge in [-0.1, -0.05) is 42.5 Å². The van der Waals surface area contributed by atoms with Crippen molar-refractivity contribution in [2.24, 2.45) is 0 Å². The van der Waals surface area contributed by atoms with Crippen LogP contribution in [0, 0.1) is 0 Å². The maximum absolute atomic E-state index is 12.4. The summed E-state index contributed by atoms with van der Waals surface area (Å²) in [5.74, 6) is -0.623. The highest BCUT2D eigenvalue weighted by Gasteiger charge is 2.14. The van der Waals surface area contributed by atoms with Crippen LogP contribution < -0.4 is 5.32 Å². The van der Waals surface area contributed by atoms with E-state index in [9.17, 15) is 9.59 Å². The summed E-state index contributed by atoms with van der Waals surface area (Å²) < 4.78 is 5.51. The predicted octanol–water partition coefficient (Wildman–Crippen LogP) is 4.92. The standard InChI is InChI=1S/C20H17NO3S/c1-14(15-7-3-2-4-8-15)24-20(23)16-9-5-10-17(13-16)21-19(22)18-11-6-12-25-18/h2-14H,1H3,(H,21,22)/t14-/m1/s1. The van der Waals surface area contributed by atoms with Gasteiger partial charge in [0.2, 0.25) is 0 Å². The lowest BCUT2D eigenvalue weighted by Crippen LogP contribution is -2.12. The molecule has 0 fully saturated rings. The molecule has 1 amide bonds. The van der Waals surface area contributed by atoms with Crippen LogP contribution in [0.3, 0.4) is 0 Å². The van der Waals surface area contributed by atoms with Crippen LogP contribution in [-0.2, 0) is 4.74 Å². The zero-order valence-electron chi connectivity index (χ0n) is 13.6. The second-order valence-electron chi connectivity index (χ2n) is 5.47. The summed E-state index contributed by atoms with van der Waals surface area (Å²) in [5, 5.41) is 4.63. The van der Waals surface area contributed by atoms with E-state index < -0.39 is 5.97 Å². The van der Waals surface area contributed by atoms with Crippen molar-refractivity contribution < 1.29 is 14.3 Å². The van der Waals surface area contributed by atoms with Gasteiger partial charge in [0.15, 0.2) is 0 Å². The molecule has 0 aliphatic carbocycles. The van der Waals surface area contributed by atoms with E-state index in [-0.39, 0.29) is 12.0 Å². The zero-order chi connectivity index (χ0) is 17.6. The molecule has 25 heavy (non-hydrogen) atoms. The highest BCUT2D eigenvalue weighted by molar-refractivity contribution is 7.12. The summed E-state index contributed by atoms with van der Waals surface area (Å²) in [7, 11) is 0. The van der Waals surface area contributed by atoms with E-state index in [0.29, 0.717) is 16.1 Å². The van der Waals surface area contributed by atoms with Gasteiger partial charge in [-0.2, -0.15) is 0 Å². The molecule has 0 bridgehead atoms. The Bertz CT molecular complexity index is 860. The number of anilines is 1. The molecule has 3 rings (SSSR count). The van der Waals surface area contributed by atoms with Gasteiger partial charge in [0.05, 0.1) is 10.4 Å². The van der Waals surface area contributed by atoms with Crippen molar-refractivity contribution in [1.29, 1.82) is 0 Å². The van der Waals surface area contributed by atoms with Crippen LogP contribution >= 0.6 is 11.3 Å². The van der Waals surface area contributed by atoms with E-state index in [2.05, 4.69) is 5.32 Å². The molecule has 2 aromatic carbocycles. The maximum atomic E-state index is 12.4. The van der Waals surface area contributed by atoms with E-state index in [4.69, 9.17) is 4.74 Å². The Morgan fingerprint density at radius 3 is 2.52 bits per heavy atom. The SMILES string of the molecule is C[C@@H](OC(=O)c1cccc(NC(=O)c2cccs2)c1)c1ccccc1. The molecule has 126 valence electrons. The molecule has 0 saturated carbocycles. The van der Waals surface area contributed by atoms with Crippen molar-refractivity contribution in [2.45, 2.75) is 13.0 Å². The van der Waals surface area contributed by atoms with Crippen LogP contribution in [0.5, 0.6) is 0 Å². The number of thiophene rings is 1. The summed E-state index contributed by atoms with van der Waals surface area (Å²) in [6.07, 6.45) is -0.349. The highest BCUT2D eigenvalue weighted by Crippen LogP contribution is 2.20. The number of rotatable bonds is 5. The first-order valence-corrected chi connectivity index (χ1v) is 8.72. The summed E-state index contributed by atoms with van der Waals surface area (Å²) in [4.78, 5) is 25.1. The molecule has 0 aliphatic heterocycles. The van der Waals surface area contributed by atoms with Crippen LogP contribution in [0.15, 0.2) is 72.1 Å². The van der Waals surface area contributed by atoms with Gasteiger partial charge in [0.25, 0.3) is 5.91 Å². The number of hydrogen-bond donors (Lipinski definition) is 1. The lowest BCUT2D eigenvalue weighted by Gasteiger charge is -2.14. The minimum absolute atomic E-state index is 0.196. The molecule has 0 aliphatic rings. The van der Waals surface area contributed by atoms with E-state index in [0.717, 1.165) is 5.56 Å². The second-order valence-corrected chi connectivity index (χ2v) is 6.42. The minimum Gasteiger partial charge on any atom is -0.454 e. The normalized spacial score (nSPS) is 11.6. The summed E-state index contributed by atoms with van der Waals surface area (Å²) in [5.41, 5.74) is 1.88. The fourth-order valence-electron chi connectivity index (χ4n) is 2.35. The molecule has 0 unspecified atom stereocenters. The summed E-state index contributed by atoms with van der Waals surface area (Å²) in [6.45, 7) is 1.83. The van der Waals surface area contributed by atoms with Crippen molar-refractivity contribution in [3.8, 4) is 0 Å². The summed E-state index contributed by atoms with van der Waals surface area (Å²) >= 11 is 1.36. The first kappa shape index (κ1) is 16.9. The number of benzene rings is 2. The molecule has 3 aromatic rings. The Balaban J connectivity index is 1.68. The van der Waals surface area contributed by atoms with Gasteiger partial charge >= 0.3 is 5.97 Å². The molecule has 1 N–H and O–H groups in total. The number of nitrogens with one attached hydrogen (secondary N) is 1. The molecule has 0 spiro atoms. The fraction of sp³-hybridized carbons (Fsp3) is 0.100. The number of carbonyl (C=O) groups is 2. The fourth-order valence-corrected chi connectivity index (χ4v) is 2.96. The summed E-state index contributed by atoms with van der Waals surface area (Å²) in [6, 6.07) is 19.9. The van der Waals surface area contributed by atoms with Crippen molar-refractivity contribution in [2.75, 3.05) is 5.32 Å². The van der Waals surface area contributed by atoms with E-state index in [1.165, 1.54) is 11.3 Å². The largest absolute Gasteiger partial charge is 0.454 e. The third-order valence-corrected chi connectivity index (χ3v) is 4.52. The Morgan fingerprint density at radius 2 is 1.80 bits per heavy atom. The first-order chi connectivity index (χ1) is 12.1. The average molecular weight is 351 g/mol. The highest BCUT2D eigenvalue weighted by atomic mass is 32.1. The van der Waals surface area contributed by atoms with Crippen molar-refractivity contribution >= 4 is 28.9 Å². The third-order valence-electron chi connectivity index (χ3n) is 3.65. The van der Waals surface area contributed by atoms with Crippen LogP contribution in [0.1, 0.15) is 38.6 Å². The topological polar surface area (TPSA) is 55.4 Å². The van der Waals surface area contributed by atoms with Crippen molar-refractivity contribution in [3.63, 3.8) is 0 Å². The third kappa shape index (κ3) is 4.33. The molecule has 4 nitrogen and oxygen atoms in total. The van der Waals surface area contributed by atoms with Crippen molar-refractivity contribution in [3.05, 3.63) is 88.1 Å². The van der Waals surface area contributed by atoms with Gasteiger partial charge in [-0.15, -0.1) is 11.3 Å². The van der Waals surface area contributed by atoms with Crippen LogP contribution in [-0.4, -0.2) is 11.9 Å². The molecule has 0 radical (unpaired) electrons. The lowest BCUT2D eigenvalue weighted by atomic mass is 10.1. The van der Waals surface area contributed by atoms with Gasteiger partial charge in [0, 0.05) is 5.69 Å². The van der Waals surface area contributed by atoms with Gasteiger partial charge in [-0.05, 0) is 42.1 Å². The molecule has 1 heterocycles. The molecule has 1 aromatic heterocycles. The van der Waals surface area contributed by atoms with Crippen molar-refractivity contribution in [1.82, 2.24) is 0 Å². The Hall–Kier alpha value is -2.92. The predicted molar refractivity (Wildman–Crippen MR) is 99.0 cm³/mol. The Labute approximate surface area is 150 Å². The number of amides is 1. The Kier molecular flexibility index (Phi) is 5.26. The molecular formula is C20H17NO3S. The first-order valence-electron chi connectivity index (χ1n) is 7.84. The number of hydrogen-bond acceptors (Lipinski definition) is 4. The number of carbonyl (C=O) groups excluding carboxylic acids is 2. The Morgan fingerprint density at radius 1 is 1.00 bits per heavy atom. The van der Waals surface area contributed by atoms with E-state index in [1.807, 2.05) is 48.7 Å². The van der Waals surface area contributed by atoms with Gasteiger partial charge in [-0.3, -0.25) is 4.79 Å². The second kappa shape index (κ2) is 7.77. The zero-order valence-corrected chi connectivity index (χ0v) is 14.5. The minimum atomic E-state index is -0.427. The maximum Gasteiger partial charge on any atom is 0.338 e. The average Bonchev–Trinajstić information content (AvgIpc) is 3.17. The number of esters is 1. The van der Waals surface area contributed by atoms with Gasteiger partial charge in [-0.25, -0.2) is 4.79 Å². The monoisotopic (exact) mass is 351 g/mol. The van der Waals surface area contributed by atoms with E-state index in [1.54, 1.807) is 30.3 Å². The lowest BCUT2D eigenvalue weighted by molar-refractivity contribution is 0.0338. The van der Waals surface area contributed by atoms with Crippen LogP contribution in [0.25, 0.3) is 0 Å². The van der Waals surface area contributed by atoms with Crippen LogP contribution in [0.4, 0.5) is 5.69 Å². The molecular weight excluding hydrogens is 334 g/mol. The van der Waals surface area contributed by atoms with Gasteiger partial charge < -0.3 is 10.1 Å². The van der Waals surface area contributed by atoms with Crippen LogP contribution in [0.2, 0.25) is 0 Å². The van der Waals surface area contributed by atoms with Gasteiger partial charge in [0.1, 0.15) is 6.10 Å². The quantitative estimate of drug-likeness (QED) is 0.664.